The average Bonchev–Trinajstić information content (AvgIpc) is 3.03. The van der Waals surface area contributed by atoms with Crippen LogP contribution in [0.15, 0.2) is 28.9 Å². The summed E-state index contributed by atoms with van der Waals surface area (Å²) >= 11 is 0. The van der Waals surface area contributed by atoms with Gasteiger partial charge in [-0.3, -0.25) is 0 Å². The highest BCUT2D eigenvalue weighted by Gasteiger charge is 2.30. The van der Waals surface area contributed by atoms with E-state index in [0.29, 0.717) is 23.5 Å². The Balaban J connectivity index is 1.86. The number of unbranched alkanes of at least 4 members (excludes halogenated alkanes) is 2. The Hall–Kier alpha value is -1.68. The molecule has 2 rings (SSSR count). The van der Waals surface area contributed by atoms with Gasteiger partial charge >= 0.3 is 0 Å². The summed E-state index contributed by atoms with van der Waals surface area (Å²) in [4.78, 5) is 0. The lowest BCUT2D eigenvalue weighted by atomic mass is 9.75. The van der Waals surface area contributed by atoms with Crippen molar-refractivity contribution in [2.24, 2.45) is 11.7 Å². The second-order valence-electron chi connectivity index (χ2n) is 7.40. The molecule has 0 radical (unpaired) electrons. The molecule has 1 unspecified atom stereocenters. The Morgan fingerprint density at radius 3 is 2.54 bits per heavy atom. The molecule has 1 aromatic carbocycles. The van der Waals surface area contributed by atoms with Crippen LogP contribution in [0.1, 0.15) is 72.1 Å². The van der Waals surface area contributed by atoms with Gasteiger partial charge in [0.05, 0.1) is 12.0 Å². The number of aromatic hydroxyl groups is 1. The zero-order valence-electron chi connectivity index (χ0n) is 16.6. The van der Waals surface area contributed by atoms with Crippen molar-refractivity contribution in [3.8, 4) is 11.5 Å². The van der Waals surface area contributed by atoms with Gasteiger partial charge in [0.2, 0.25) is 0 Å². The van der Waals surface area contributed by atoms with Crippen LogP contribution in [0.25, 0.3) is 11.0 Å². The van der Waals surface area contributed by atoms with Gasteiger partial charge in [0.1, 0.15) is 17.6 Å². The van der Waals surface area contributed by atoms with E-state index in [9.17, 15) is 5.11 Å². The Morgan fingerprint density at radius 1 is 1.12 bits per heavy atom. The SMILES string of the molecule is CCCCCC(CCCOc1ccc2c(O)coc2c1)C(N)(CC)CC. The fourth-order valence-electron chi connectivity index (χ4n) is 3.79. The first-order chi connectivity index (χ1) is 12.5. The first kappa shape index (κ1) is 20.6. The van der Waals surface area contributed by atoms with Crippen molar-refractivity contribution in [2.45, 2.75) is 77.7 Å². The molecular weight excluding hydrogens is 326 g/mol. The second kappa shape index (κ2) is 9.86. The molecule has 146 valence electrons. The summed E-state index contributed by atoms with van der Waals surface area (Å²) in [6, 6.07) is 5.54. The molecule has 0 bridgehead atoms. The summed E-state index contributed by atoms with van der Waals surface area (Å²) in [5.41, 5.74) is 7.30. The predicted molar refractivity (Wildman–Crippen MR) is 108 cm³/mol. The van der Waals surface area contributed by atoms with Crippen molar-refractivity contribution in [1.29, 1.82) is 0 Å². The zero-order valence-corrected chi connectivity index (χ0v) is 16.6. The van der Waals surface area contributed by atoms with E-state index >= 15 is 0 Å². The van der Waals surface area contributed by atoms with Gasteiger partial charge in [0.15, 0.2) is 5.75 Å². The van der Waals surface area contributed by atoms with Crippen molar-refractivity contribution in [1.82, 2.24) is 0 Å². The predicted octanol–water partition coefficient (Wildman–Crippen LogP) is 6.01. The molecule has 0 aliphatic heterocycles. The summed E-state index contributed by atoms with van der Waals surface area (Å²) in [5.74, 6) is 1.50. The largest absolute Gasteiger partial charge is 0.504 e. The number of furan rings is 1. The fourth-order valence-corrected chi connectivity index (χ4v) is 3.79. The van der Waals surface area contributed by atoms with Crippen LogP contribution >= 0.6 is 0 Å². The molecule has 2 aromatic rings. The molecule has 4 heteroatoms. The maximum absolute atomic E-state index is 9.64. The molecule has 4 nitrogen and oxygen atoms in total. The third kappa shape index (κ3) is 5.16. The number of ether oxygens (including phenoxy) is 1. The Morgan fingerprint density at radius 2 is 1.85 bits per heavy atom. The van der Waals surface area contributed by atoms with Crippen molar-refractivity contribution in [2.75, 3.05) is 6.61 Å². The van der Waals surface area contributed by atoms with Gasteiger partial charge in [-0.1, -0.05) is 40.0 Å². The maximum atomic E-state index is 9.64. The standard InChI is InChI=1S/C22H35NO3/c1-4-7-8-10-17(22(23,5-2)6-3)11-9-14-25-18-12-13-19-20(24)16-26-21(19)15-18/h12-13,15-17,24H,4-11,14,23H2,1-3H3. The Labute approximate surface area is 157 Å². The van der Waals surface area contributed by atoms with Crippen LogP contribution in [-0.4, -0.2) is 17.3 Å². The van der Waals surface area contributed by atoms with Crippen molar-refractivity contribution in [3.05, 3.63) is 24.5 Å². The third-order valence-electron chi connectivity index (χ3n) is 5.78. The maximum Gasteiger partial charge on any atom is 0.161 e. The van der Waals surface area contributed by atoms with Crippen LogP contribution in [0.5, 0.6) is 11.5 Å². The highest BCUT2D eigenvalue weighted by atomic mass is 16.5. The van der Waals surface area contributed by atoms with Gasteiger partial charge in [-0.25, -0.2) is 0 Å². The van der Waals surface area contributed by atoms with E-state index in [1.807, 2.05) is 18.2 Å². The van der Waals surface area contributed by atoms with E-state index in [2.05, 4.69) is 20.8 Å². The van der Waals surface area contributed by atoms with Crippen LogP contribution in [-0.2, 0) is 0 Å². The molecule has 0 saturated heterocycles. The minimum atomic E-state index is -0.0572. The first-order valence-electron chi connectivity index (χ1n) is 10.2. The van der Waals surface area contributed by atoms with Crippen LogP contribution < -0.4 is 10.5 Å². The zero-order chi connectivity index (χ0) is 19.0. The van der Waals surface area contributed by atoms with Gasteiger partial charge < -0.3 is 20.0 Å². The summed E-state index contributed by atoms with van der Waals surface area (Å²) < 4.78 is 11.2. The Kier molecular flexibility index (Phi) is 7.83. The van der Waals surface area contributed by atoms with Gasteiger partial charge in [-0.2, -0.15) is 0 Å². The summed E-state index contributed by atoms with van der Waals surface area (Å²) in [6.45, 7) is 7.33. The minimum absolute atomic E-state index is 0.0572. The molecular formula is C22H35NO3. The lowest BCUT2D eigenvalue weighted by Gasteiger charge is -2.36. The van der Waals surface area contributed by atoms with E-state index in [-0.39, 0.29) is 11.3 Å². The van der Waals surface area contributed by atoms with Crippen molar-refractivity contribution >= 4 is 11.0 Å². The smallest absolute Gasteiger partial charge is 0.161 e. The number of fused-ring (bicyclic) bond motifs is 1. The van der Waals surface area contributed by atoms with E-state index in [1.165, 1.54) is 31.9 Å². The number of benzene rings is 1. The van der Waals surface area contributed by atoms with Crippen LogP contribution in [0.2, 0.25) is 0 Å². The number of nitrogens with two attached hydrogens (primary N) is 1. The van der Waals surface area contributed by atoms with E-state index < -0.39 is 0 Å². The molecule has 1 aromatic heterocycles. The lowest BCUT2D eigenvalue weighted by molar-refractivity contribution is 0.199. The van der Waals surface area contributed by atoms with Crippen molar-refractivity contribution in [3.63, 3.8) is 0 Å². The molecule has 1 atom stereocenters. The fraction of sp³-hybridized carbons (Fsp3) is 0.636. The molecule has 0 fully saturated rings. The highest BCUT2D eigenvalue weighted by molar-refractivity contribution is 5.84. The molecule has 0 amide bonds. The summed E-state index contributed by atoms with van der Waals surface area (Å²) in [5, 5.41) is 10.4. The number of rotatable bonds is 12. The lowest BCUT2D eigenvalue weighted by Crippen LogP contribution is -2.46. The third-order valence-corrected chi connectivity index (χ3v) is 5.78. The van der Waals surface area contributed by atoms with Gasteiger partial charge in [0, 0.05) is 11.6 Å². The monoisotopic (exact) mass is 361 g/mol. The van der Waals surface area contributed by atoms with Crippen LogP contribution in [0, 0.1) is 5.92 Å². The van der Waals surface area contributed by atoms with E-state index in [0.717, 1.165) is 31.4 Å². The van der Waals surface area contributed by atoms with Gasteiger partial charge in [0.25, 0.3) is 0 Å². The number of hydrogen-bond acceptors (Lipinski definition) is 4. The van der Waals surface area contributed by atoms with Crippen LogP contribution in [0.4, 0.5) is 0 Å². The van der Waals surface area contributed by atoms with E-state index in [4.69, 9.17) is 14.9 Å². The Bertz CT molecular complexity index is 660. The van der Waals surface area contributed by atoms with E-state index in [1.54, 1.807) is 0 Å². The normalized spacial score (nSPS) is 13.2. The average molecular weight is 362 g/mol. The quantitative estimate of drug-likeness (QED) is 0.454. The van der Waals surface area contributed by atoms with Crippen molar-refractivity contribution < 1.29 is 14.3 Å². The van der Waals surface area contributed by atoms with Crippen LogP contribution in [0.3, 0.4) is 0 Å². The molecule has 26 heavy (non-hydrogen) atoms. The molecule has 1 heterocycles. The summed E-state index contributed by atoms with van der Waals surface area (Å²) in [7, 11) is 0. The highest BCUT2D eigenvalue weighted by Crippen LogP contribution is 2.32. The second-order valence-corrected chi connectivity index (χ2v) is 7.40. The molecule has 0 aliphatic rings. The number of hydrogen-bond donors (Lipinski definition) is 2. The van der Waals surface area contributed by atoms with Gasteiger partial charge in [-0.15, -0.1) is 0 Å². The topological polar surface area (TPSA) is 68.6 Å². The molecule has 0 saturated carbocycles. The first-order valence-corrected chi connectivity index (χ1v) is 10.2. The molecule has 0 aliphatic carbocycles. The minimum Gasteiger partial charge on any atom is -0.504 e. The van der Waals surface area contributed by atoms with Gasteiger partial charge in [-0.05, 0) is 50.2 Å². The molecule has 3 N–H and O–H groups in total. The molecule has 0 spiro atoms. The summed E-state index contributed by atoms with van der Waals surface area (Å²) in [6.07, 6.45) is 10.5.